The molecule has 0 saturated heterocycles. The molecule has 0 fully saturated rings. The third kappa shape index (κ3) is 2.15. The minimum absolute atomic E-state index is 0.138. The van der Waals surface area contributed by atoms with Crippen molar-refractivity contribution in [2.45, 2.75) is 25.9 Å². The van der Waals surface area contributed by atoms with Crippen molar-refractivity contribution >= 4 is 6.29 Å². The lowest BCUT2D eigenvalue weighted by Gasteiger charge is -2.04. The second-order valence-electron chi connectivity index (χ2n) is 2.98. The van der Waals surface area contributed by atoms with E-state index in [1.807, 2.05) is 6.92 Å². The van der Waals surface area contributed by atoms with Crippen LogP contribution in [0.2, 0.25) is 0 Å². The Kier molecular flexibility index (Phi) is 3.19. The molecule has 1 rings (SSSR count). The molecule has 0 aromatic carbocycles. The zero-order chi connectivity index (χ0) is 9.84. The summed E-state index contributed by atoms with van der Waals surface area (Å²) in [5.74, 6) is 0. The van der Waals surface area contributed by atoms with Gasteiger partial charge < -0.3 is 9.90 Å². The highest BCUT2D eigenvalue weighted by molar-refractivity contribution is 5.51. The van der Waals surface area contributed by atoms with Gasteiger partial charge in [-0.1, -0.05) is 6.92 Å². The fourth-order valence-corrected chi connectivity index (χ4v) is 1.32. The van der Waals surface area contributed by atoms with Crippen LogP contribution in [-0.4, -0.2) is 21.2 Å². The Hall–Kier alpha value is -1.16. The van der Waals surface area contributed by atoms with Crippen LogP contribution in [0, 0.1) is 0 Å². The highest BCUT2D eigenvalue weighted by Gasteiger charge is 2.14. The molecule has 0 aliphatic carbocycles. The fraction of sp³-hybridized carbons (Fsp3) is 0.556. The Balaban J connectivity index is 2.90. The number of rotatable bonds is 4. The van der Waals surface area contributed by atoms with Crippen LogP contribution in [0.4, 0.5) is 0 Å². The van der Waals surface area contributed by atoms with Gasteiger partial charge in [0.2, 0.25) is 0 Å². The van der Waals surface area contributed by atoms with Crippen LogP contribution >= 0.6 is 0 Å². The summed E-state index contributed by atoms with van der Waals surface area (Å²) in [6.07, 6.45) is 2.68. The average Bonchev–Trinajstić information content (AvgIpc) is 2.47. The van der Waals surface area contributed by atoms with E-state index < -0.39 is 6.10 Å². The number of hydrogen-bond acceptors (Lipinski definition) is 3. The molecule has 0 bridgehead atoms. The SMILES string of the molecule is CCc1nn(C)cc1C(O)CC=O. The molecular weight excluding hydrogens is 168 g/mol. The maximum Gasteiger partial charge on any atom is 0.122 e. The first-order valence-corrected chi connectivity index (χ1v) is 4.33. The molecule has 1 unspecified atom stereocenters. The molecule has 4 heteroatoms. The molecule has 0 radical (unpaired) electrons. The molecule has 0 saturated carbocycles. The van der Waals surface area contributed by atoms with E-state index in [1.165, 1.54) is 0 Å². The Morgan fingerprint density at radius 1 is 1.77 bits per heavy atom. The third-order valence-electron chi connectivity index (χ3n) is 1.95. The summed E-state index contributed by atoms with van der Waals surface area (Å²) in [6.45, 7) is 1.97. The number of aliphatic hydroxyl groups is 1. The third-order valence-corrected chi connectivity index (χ3v) is 1.95. The van der Waals surface area contributed by atoms with Crippen molar-refractivity contribution in [2.75, 3.05) is 0 Å². The quantitative estimate of drug-likeness (QED) is 0.694. The monoisotopic (exact) mass is 182 g/mol. The number of carbonyl (C=O) groups excluding carboxylic acids is 1. The number of aldehydes is 1. The van der Waals surface area contributed by atoms with Crippen molar-refractivity contribution in [3.05, 3.63) is 17.5 Å². The van der Waals surface area contributed by atoms with Gasteiger partial charge in [-0.15, -0.1) is 0 Å². The Labute approximate surface area is 77.2 Å². The molecule has 4 nitrogen and oxygen atoms in total. The van der Waals surface area contributed by atoms with E-state index in [2.05, 4.69) is 5.10 Å². The second kappa shape index (κ2) is 4.18. The van der Waals surface area contributed by atoms with Crippen molar-refractivity contribution in [1.29, 1.82) is 0 Å². The molecule has 1 atom stereocenters. The molecule has 1 N–H and O–H groups in total. The highest BCUT2D eigenvalue weighted by Crippen LogP contribution is 2.19. The predicted octanol–water partition coefficient (Wildman–Crippen LogP) is 0.605. The number of carbonyl (C=O) groups is 1. The van der Waals surface area contributed by atoms with Gasteiger partial charge in [-0.25, -0.2) is 0 Å². The zero-order valence-corrected chi connectivity index (χ0v) is 7.90. The largest absolute Gasteiger partial charge is 0.388 e. The molecule has 0 aliphatic rings. The van der Waals surface area contributed by atoms with Gasteiger partial charge in [0.05, 0.1) is 11.8 Å². The first kappa shape index (κ1) is 9.92. The fourth-order valence-electron chi connectivity index (χ4n) is 1.32. The summed E-state index contributed by atoms with van der Waals surface area (Å²) < 4.78 is 1.65. The van der Waals surface area contributed by atoms with Crippen molar-refractivity contribution < 1.29 is 9.90 Å². The average molecular weight is 182 g/mol. The second-order valence-corrected chi connectivity index (χ2v) is 2.98. The molecular formula is C9H14N2O2. The number of nitrogens with zero attached hydrogens (tertiary/aromatic N) is 2. The lowest BCUT2D eigenvalue weighted by Crippen LogP contribution is -1.99. The molecule has 0 aliphatic heterocycles. The van der Waals surface area contributed by atoms with E-state index in [-0.39, 0.29) is 6.42 Å². The van der Waals surface area contributed by atoms with Crippen molar-refractivity contribution in [3.8, 4) is 0 Å². The van der Waals surface area contributed by atoms with Gasteiger partial charge in [0.25, 0.3) is 0 Å². The first-order chi connectivity index (χ1) is 6.19. The van der Waals surface area contributed by atoms with Gasteiger partial charge >= 0.3 is 0 Å². The van der Waals surface area contributed by atoms with Crippen molar-refractivity contribution in [3.63, 3.8) is 0 Å². The summed E-state index contributed by atoms with van der Waals surface area (Å²) in [7, 11) is 1.80. The standard InChI is InChI=1S/C9H14N2O2/c1-3-8-7(6-11(2)10-8)9(13)4-5-12/h5-6,9,13H,3-4H2,1-2H3. The van der Waals surface area contributed by atoms with Gasteiger partial charge in [0.15, 0.2) is 0 Å². The predicted molar refractivity (Wildman–Crippen MR) is 48.2 cm³/mol. The maximum absolute atomic E-state index is 10.2. The number of aromatic nitrogens is 2. The van der Waals surface area contributed by atoms with E-state index in [0.717, 1.165) is 24.0 Å². The van der Waals surface area contributed by atoms with Crippen LogP contribution in [0.15, 0.2) is 6.20 Å². The maximum atomic E-state index is 10.2. The van der Waals surface area contributed by atoms with Gasteiger partial charge in [-0.05, 0) is 6.42 Å². The first-order valence-electron chi connectivity index (χ1n) is 4.33. The summed E-state index contributed by atoms with van der Waals surface area (Å²) in [5, 5.41) is 13.7. The minimum Gasteiger partial charge on any atom is -0.388 e. The Morgan fingerprint density at radius 2 is 2.46 bits per heavy atom. The highest BCUT2D eigenvalue weighted by atomic mass is 16.3. The summed E-state index contributed by atoms with van der Waals surface area (Å²) in [4.78, 5) is 10.2. The molecule has 13 heavy (non-hydrogen) atoms. The van der Waals surface area contributed by atoms with Crippen LogP contribution in [0.5, 0.6) is 0 Å². The topological polar surface area (TPSA) is 55.1 Å². The van der Waals surface area contributed by atoms with E-state index in [0.29, 0.717) is 0 Å². The van der Waals surface area contributed by atoms with Crippen LogP contribution in [0.1, 0.15) is 30.7 Å². The number of aliphatic hydroxyl groups excluding tert-OH is 1. The Bertz CT molecular complexity index is 294. The van der Waals surface area contributed by atoms with E-state index in [1.54, 1.807) is 17.9 Å². The molecule has 72 valence electrons. The van der Waals surface area contributed by atoms with Crippen molar-refractivity contribution in [1.82, 2.24) is 9.78 Å². The normalized spacial score (nSPS) is 12.8. The van der Waals surface area contributed by atoms with Crippen molar-refractivity contribution in [2.24, 2.45) is 7.05 Å². The smallest absolute Gasteiger partial charge is 0.122 e. The summed E-state index contributed by atoms with van der Waals surface area (Å²) in [5.41, 5.74) is 1.62. The lowest BCUT2D eigenvalue weighted by atomic mass is 10.1. The van der Waals surface area contributed by atoms with Gasteiger partial charge in [-0.3, -0.25) is 4.68 Å². The summed E-state index contributed by atoms with van der Waals surface area (Å²) in [6, 6.07) is 0. The molecule has 0 spiro atoms. The molecule has 1 aromatic rings. The van der Waals surface area contributed by atoms with Crippen LogP contribution in [0.3, 0.4) is 0 Å². The summed E-state index contributed by atoms with van der Waals surface area (Å²) >= 11 is 0. The minimum atomic E-state index is -0.707. The zero-order valence-electron chi connectivity index (χ0n) is 7.90. The van der Waals surface area contributed by atoms with Gasteiger partial charge in [-0.2, -0.15) is 5.10 Å². The Morgan fingerprint density at radius 3 is 3.00 bits per heavy atom. The molecule has 1 aromatic heterocycles. The van der Waals surface area contributed by atoms with E-state index in [9.17, 15) is 9.90 Å². The van der Waals surface area contributed by atoms with Crippen LogP contribution in [0.25, 0.3) is 0 Å². The van der Waals surface area contributed by atoms with E-state index in [4.69, 9.17) is 0 Å². The van der Waals surface area contributed by atoms with E-state index >= 15 is 0 Å². The lowest BCUT2D eigenvalue weighted by molar-refractivity contribution is -0.109. The van der Waals surface area contributed by atoms with Crippen LogP contribution < -0.4 is 0 Å². The van der Waals surface area contributed by atoms with Gasteiger partial charge in [0.1, 0.15) is 6.29 Å². The number of aryl methyl sites for hydroxylation is 2. The number of hydrogen-bond donors (Lipinski definition) is 1. The van der Waals surface area contributed by atoms with Gasteiger partial charge in [0, 0.05) is 25.2 Å². The molecule has 1 heterocycles. The molecule has 0 amide bonds. The van der Waals surface area contributed by atoms with Crippen LogP contribution in [-0.2, 0) is 18.3 Å².